The second-order valence-corrected chi connectivity index (χ2v) is 10.7. The van der Waals surface area contributed by atoms with Crippen molar-refractivity contribution in [2.24, 2.45) is 22.7 Å². The smallest absolute Gasteiger partial charge is 0.0319 e. The van der Waals surface area contributed by atoms with Crippen molar-refractivity contribution in [2.45, 2.75) is 110 Å². The van der Waals surface area contributed by atoms with Crippen LogP contribution in [0.5, 0.6) is 0 Å². The number of rotatable bonds is 6. The van der Waals surface area contributed by atoms with Crippen molar-refractivity contribution >= 4 is 0 Å². The maximum absolute atomic E-state index is 3.79. The highest BCUT2D eigenvalue weighted by atomic mass is 14.6. The molecule has 4 aliphatic rings. The van der Waals surface area contributed by atoms with E-state index in [4.69, 9.17) is 0 Å². The molecule has 0 N–H and O–H groups in total. The van der Waals surface area contributed by atoms with E-state index in [1.807, 2.05) is 0 Å². The first-order valence-electron chi connectivity index (χ1n) is 12.8. The first-order valence-corrected chi connectivity index (χ1v) is 12.8. The molecule has 158 valence electrons. The number of hydrogen-bond acceptors (Lipinski definition) is 0. The highest BCUT2D eigenvalue weighted by molar-refractivity contribution is 5.38. The fourth-order valence-electron chi connectivity index (χ4n) is 6.82. The summed E-state index contributed by atoms with van der Waals surface area (Å²) >= 11 is 0. The lowest BCUT2D eigenvalue weighted by molar-refractivity contribution is -0.0379. The predicted molar refractivity (Wildman–Crippen MR) is 125 cm³/mol. The average Bonchev–Trinajstić information content (AvgIpc) is 2.79. The Labute approximate surface area is 180 Å². The van der Waals surface area contributed by atoms with Gasteiger partial charge < -0.3 is 0 Å². The minimum absolute atomic E-state index is 0.335. The lowest BCUT2D eigenvalue weighted by atomic mass is 9.48. The van der Waals surface area contributed by atoms with E-state index < -0.39 is 0 Å². The van der Waals surface area contributed by atoms with Gasteiger partial charge in [0.05, 0.1) is 0 Å². The molecule has 4 aliphatic carbocycles. The summed E-state index contributed by atoms with van der Waals surface area (Å²) in [6.45, 7) is 4.59. The van der Waals surface area contributed by atoms with Gasteiger partial charge in [-0.1, -0.05) is 76.3 Å². The average molecular weight is 391 g/mol. The Morgan fingerprint density at radius 3 is 2.07 bits per heavy atom. The molecular weight excluding hydrogens is 348 g/mol. The largest absolute Gasteiger partial charge is 0.0911 e. The van der Waals surface area contributed by atoms with Crippen LogP contribution in [0.4, 0.5) is 0 Å². The standard InChI is InChI=1S/C29H42/c1-3-5-7-25-12-14-27(15-13-25)29-21-18-28(19-22-29,20-23-29)17-16-26-10-8-24(6-4-2)9-11-26/h8-11,25,27H,3-7,12-15,18-23H2,1-2H3. The van der Waals surface area contributed by atoms with Crippen LogP contribution in [0.15, 0.2) is 24.3 Å². The molecule has 0 heterocycles. The van der Waals surface area contributed by atoms with Crippen LogP contribution < -0.4 is 0 Å². The summed E-state index contributed by atoms with van der Waals surface area (Å²) in [7, 11) is 0. The Kier molecular flexibility index (Phi) is 6.73. The molecule has 0 aliphatic heterocycles. The van der Waals surface area contributed by atoms with Crippen LogP contribution in [0.2, 0.25) is 0 Å². The third-order valence-electron chi connectivity index (χ3n) is 8.95. The molecule has 0 radical (unpaired) electrons. The molecule has 2 bridgehead atoms. The van der Waals surface area contributed by atoms with E-state index in [0.717, 1.165) is 11.8 Å². The van der Waals surface area contributed by atoms with E-state index in [9.17, 15) is 0 Å². The molecule has 1 aromatic rings. The molecular formula is C29H42. The molecule has 0 amide bonds. The molecule has 0 spiro atoms. The maximum atomic E-state index is 3.79. The van der Waals surface area contributed by atoms with Gasteiger partial charge in [0.1, 0.15) is 0 Å². The Morgan fingerprint density at radius 1 is 0.828 bits per heavy atom. The maximum Gasteiger partial charge on any atom is 0.0319 e. The number of hydrogen-bond donors (Lipinski definition) is 0. The van der Waals surface area contributed by atoms with Crippen molar-refractivity contribution in [1.82, 2.24) is 0 Å². The van der Waals surface area contributed by atoms with Gasteiger partial charge in [0.25, 0.3) is 0 Å². The minimum atomic E-state index is 0.335. The van der Waals surface area contributed by atoms with Crippen LogP contribution in [0.25, 0.3) is 0 Å². The predicted octanol–water partition coefficient (Wildman–Crippen LogP) is 8.33. The first-order chi connectivity index (χ1) is 14.2. The molecule has 0 atom stereocenters. The summed E-state index contributed by atoms with van der Waals surface area (Å²) in [5.41, 5.74) is 3.69. The summed E-state index contributed by atoms with van der Waals surface area (Å²) in [5, 5.41) is 0. The second kappa shape index (κ2) is 9.29. The minimum Gasteiger partial charge on any atom is -0.0911 e. The summed E-state index contributed by atoms with van der Waals surface area (Å²) < 4.78 is 0. The van der Waals surface area contributed by atoms with E-state index in [1.54, 1.807) is 0 Å². The first kappa shape index (κ1) is 21.0. The highest BCUT2D eigenvalue weighted by Gasteiger charge is 2.51. The highest BCUT2D eigenvalue weighted by Crippen LogP contribution is 2.62. The second-order valence-electron chi connectivity index (χ2n) is 10.7. The summed E-state index contributed by atoms with van der Waals surface area (Å²) in [4.78, 5) is 0. The van der Waals surface area contributed by atoms with Crippen LogP contribution in [0.1, 0.15) is 115 Å². The Morgan fingerprint density at radius 2 is 1.48 bits per heavy atom. The lowest BCUT2D eigenvalue weighted by Crippen LogP contribution is -2.45. The summed E-state index contributed by atoms with van der Waals surface area (Å²) in [6.07, 6.45) is 21.3. The van der Waals surface area contributed by atoms with Gasteiger partial charge in [-0.05, 0) is 92.7 Å². The molecule has 29 heavy (non-hydrogen) atoms. The molecule has 0 nitrogen and oxygen atoms in total. The number of unbranched alkanes of at least 4 members (excludes halogenated alkanes) is 1. The summed E-state index contributed by atoms with van der Waals surface area (Å²) in [5.74, 6) is 9.43. The number of benzene rings is 1. The van der Waals surface area contributed by atoms with E-state index in [2.05, 4.69) is 50.0 Å². The van der Waals surface area contributed by atoms with Gasteiger partial charge in [-0.2, -0.15) is 0 Å². The van der Waals surface area contributed by atoms with Crippen molar-refractivity contribution in [3.05, 3.63) is 35.4 Å². The monoisotopic (exact) mass is 390 g/mol. The van der Waals surface area contributed by atoms with Crippen molar-refractivity contribution in [1.29, 1.82) is 0 Å². The molecule has 0 heteroatoms. The molecule has 1 aromatic carbocycles. The summed E-state index contributed by atoms with van der Waals surface area (Å²) in [6, 6.07) is 9.02. The van der Waals surface area contributed by atoms with Crippen LogP contribution >= 0.6 is 0 Å². The van der Waals surface area contributed by atoms with Crippen LogP contribution in [-0.2, 0) is 6.42 Å². The topological polar surface area (TPSA) is 0 Å². The van der Waals surface area contributed by atoms with Gasteiger partial charge in [0.2, 0.25) is 0 Å². The fourth-order valence-corrected chi connectivity index (χ4v) is 6.82. The molecule has 5 rings (SSSR count). The molecule has 0 unspecified atom stereocenters. The zero-order valence-electron chi connectivity index (χ0n) is 19.1. The van der Waals surface area contributed by atoms with Gasteiger partial charge in [-0.25, -0.2) is 0 Å². The third kappa shape index (κ3) is 4.76. The van der Waals surface area contributed by atoms with Gasteiger partial charge in [0, 0.05) is 11.0 Å². The molecule has 4 fully saturated rings. The van der Waals surface area contributed by atoms with Crippen molar-refractivity contribution in [3.63, 3.8) is 0 Å². The van der Waals surface area contributed by atoms with Gasteiger partial charge in [-0.3, -0.25) is 0 Å². The van der Waals surface area contributed by atoms with Crippen molar-refractivity contribution < 1.29 is 0 Å². The van der Waals surface area contributed by atoms with Crippen molar-refractivity contribution in [2.75, 3.05) is 0 Å². The van der Waals surface area contributed by atoms with Crippen LogP contribution in [0.3, 0.4) is 0 Å². The number of aryl methyl sites for hydroxylation is 1. The van der Waals surface area contributed by atoms with Crippen LogP contribution in [-0.4, -0.2) is 0 Å². The Balaban J connectivity index is 1.33. The zero-order valence-corrected chi connectivity index (χ0v) is 19.1. The number of fused-ring (bicyclic) bond motifs is 3. The van der Waals surface area contributed by atoms with E-state index in [-0.39, 0.29) is 0 Å². The molecule has 0 aromatic heterocycles. The third-order valence-corrected chi connectivity index (χ3v) is 8.95. The SMILES string of the molecule is CCCCC1CCC(C23CCC(C#Cc4ccc(CCC)cc4)(CC2)CC3)CC1. The quantitative estimate of drug-likeness (QED) is 0.428. The van der Waals surface area contributed by atoms with Gasteiger partial charge in [0.15, 0.2) is 0 Å². The van der Waals surface area contributed by atoms with E-state index >= 15 is 0 Å². The fraction of sp³-hybridized carbons (Fsp3) is 0.724. The van der Waals surface area contributed by atoms with Crippen LogP contribution in [0, 0.1) is 34.5 Å². The lowest BCUT2D eigenvalue weighted by Gasteiger charge is -2.56. The van der Waals surface area contributed by atoms with Gasteiger partial charge in [-0.15, -0.1) is 0 Å². The Hall–Kier alpha value is -1.22. The van der Waals surface area contributed by atoms with Gasteiger partial charge >= 0.3 is 0 Å². The Bertz CT molecular complexity index is 680. The molecule has 0 saturated heterocycles. The van der Waals surface area contributed by atoms with E-state index in [0.29, 0.717) is 10.8 Å². The zero-order chi connectivity index (χ0) is 20.2. The van der Waals surface area contributed by atoms with E-state index in [1.165, 1.54) is 107 Å². The van der Waals surface area contributed by atoms with Crippen molar-refractivity contribution in [3.8, 4) is 11.8 Å². The normalized spacial score (nSPS) is 33.9. The molecule has 4 saturated carbocycles.